The van der Waals surface area contributed by atoms with Crippen LogP contribution in [0, 0.1) is 18.7 Å². The summed E-state index contributed by atoms with van der Waals surface area (Å²) in [6, 6.07) is 4.40. The van der Waals surface area contributed by atoms with Crippen molar-refractivity contribution in [3.05, 3.63) is 47.8 Å². The first-order chi connectivity index (χ1) is 12.0. The Bertz CT molecular complexity index is 733. The van der Waals surface area contributed by atoms with Gasteiger partial charge in [0.2, 0.25) is 0 Å². The van der Waals surface area contributed by atoms with E-state index < -0.39 is 11.9 Å². The SMILES string of the molecule is Cc1cccc(F)c1NC(=O)N1CCC([C@H](O)c2nccn2C)CC1. The Hall–Kier alpha value is -2.41. The quantitative estimate of drug-likeness (QED) is 0.898. The molecule has 0 bridgehead atoms. The van der Waals surface area contributed by atoms with Crippen molar-refractivity contribution in [3.8, 4) is 0 Å². The van der Waals surface area contributed by atoms with Crippen molar-refractivity contribution in [3.63, 3.8) is 0 Å². The van der Waals surface area contributed by atoms with E-state index in [1.54, 1.807) is 36.4 Å². The number of hydrogen-bond donors (Lipinski definition) is 2. The van der Waals surface area contributed by atoms with Crippen LogP contribution in [0.4, 0.5) is 14.9 Å². The van der Waals surface area contributed by atoms with E-state index in [9.17, 15) is 14.3 Å². The molecule has 1 atom stereocenters. The first-order valence-electron chi connectivity index (χ1n) is 8.43. The number of rotatable bonds is 3. The van der Waals surface area contributed by atoms with Crippen LogP contribution < -0.4 is 5.32 Å². The highest BCUT2D eigenvalue weighted by Crippen LogP contribution is 2.30. The lowest BCUT2D eigenvalue weighted by Crippen LogP contribution is -2.42. The molecule has 0 aliphatic carbocycles. The largest absolute Gasteiger partial charge is 0.385 e. The van der Waals surface area contributed by atoms with Gasteiger partial charge in [0, 0.05) is 32.5 Å². The molecule has 0 saturated carbocycles. The Labute approximate surface area is 146 Å². The molecule has 6 nitrogen and oxygen atoms in total. The van der Waals surface area contributed by atoms with Gasteiger partial charge in [0.05, 0.1) is 5.69 Å². The number of para-hydroxylation sites is 1. The van der Waals surface area contributed by atoms with Crippen LogP contribution in [0.3, 0.4) is 0 Å². The van der Waals surface area contributed by atoms with Crippen molar-refractivity contribution in [2.45, 2.75) is 25.9 Å². The molecular weight excluding hydrogens is 323 g/mol. The van der Waals surface area contributed by atoms with Crippen LogP contribution in [0.25, 0.3) is 0 Å². The maximum Gasteiger partial charge on any atom is 0.321 e. The minimum Gasteiger partial charge on any atom is -0.385 e. The highest BCUT2D eigenvalue weighted by atomic mass is 19.1. The second-order valence-electron chi connectivity index (χ2n) is 6.53. The number of carbonyl (C=O) groups is 1. The summed E-state index contributed by atoms with van der Waals surface area (Å²) in [6.45, 7) is 2.80. The molecule has 1 aliphatic heterocycles. The van der Waals surface area contributed by atoms with Gasteiger partial charge in [-0.05, 0) is 37.3 Å². The highest BCUT2D eigenvalue weighted by Gasteiger charge is 2.30. The van der Waals surface area contributed by atoms with E-state index in [2.05, 4.69) is 10.3 Å². The Morgan fingerprint density at radius 2 is 2.12 bits per heavy atom. The van der Waals surface area contributed by atoms with Crippen molar-refractivity contribution in [2.75, 3.05) is 18.4 Å². The van der Waals surface area contributed by atoms with Gasteiger partial charge in [-0.1, -0.05) is 12.1 Å². The number of nitrogens with one attached hydrogen (secondary N) is 1. The van der Waals surface area contributed by atoms with E-state index in [1.165, 1.54) is 6.07 Å². The van der Waals surface area contributed by atoms with Gasteiger partial charge >= 0.3 is 6.03 Å². The average molecular weight is 346 g/mol. The Morgan fingerprint density at radius 1 is 1.40 bits per heavy atom. The molecule has 1 fully saturated rings. The molecule has 0 unspecified atom stereocenters. The van der Waals surface area contributed by atoms with E-state index in [1.807, 2.05) is 11.6 Å². The first-order valence-corrected chi connectivity index (χ1v) is 8.43. The third-order valence-electron chi connectivity index (χ3n) is 4.85. The summed E-state index contributed by atoms with van der Waals surface area (Å²) in [5.41, 5.74) is 0.913. The van der Waals surface area contributed by atoms with Crippen LogP contribution in [-0.2, 0) is 7.05 Å². The van der Waals surface area contributed by atoms with Gasteiger partial charge in [0.25, 0.3) is 0 Å². The summed E-state index contributed by atoms with van der Waals surface area (Å²) in [7, 11) is 1.85. The molecule has 1 saturated heterocycles. The van der Waals surface area contributed by atoms with Gasteiger partial charge in [0.15, 0.2) is 0 Å². The summed E-state index contributed by atoms with van der Waals surface area (Å²) in [4.78, 5) is 18.3. The van der Waals surface area contributed by atoms with E-state index in [0.717, 1.165) is 0 Å². The summed E-state index contributed by atoms with van der Waals surface area (Å²) < 4.78 is 15.7. The number of hydrogen-bond acceptors (Lipinski definition) is 3. The Kier molecular flexibility index (Phi) is 5.03. The first kappa shape index (κ1) is 17.4. The average Bonchev–Trinajstić information content (AvgIpc) is 3.03. The number of nitrogens with zero attached hydrogens (tertiary/aromatic N) is 3. The topological polar surface area (TPSA) is 70.4 Å². The van der Waals surface area contributed by atoms with Crippen molar-refractivity contribution in [1.82, 2.24) is 14.5 Å². The Morgan fingerprint density at radius 3 is 2.72 bits per heavy atom. The van der Waals surface area contributed by atoms with E-state index >= 15 is 0 Å². The second kappa shape index (κ2) is 7.23. The number of aliphatic hydroxyl groups is 1. The number of likely N-dealkylation sites (tertiary alicyclic amines) is 1. The maximum atomic E-state index is 13.9. The van der Waals surface area contributed by atoms with Crippen LogP contribution in [0.1, 0.15) is 30.3 Å². The number of imidazole rings is 1. The predicted molar refractivity (Wildman–Crippen MR) is 92.6 cm³/mol. The second-order valence-corrected chi connectivity index (χ2v) is 6.53. The zero-order valence-electron chi connectivity index (χ0n) is 14.4. The molecule has 1 aromatic heterocycles. The molecule has 134 valence electrons. The lowest BCUT2D eigenvalue weighted by Gasteiger charge is -2.34. The monoisotopic (exact) mass is 346 g/mol. The van der Waals surface area contributed by atoms with Crippen LogP contribution in [0.2, 0.25) is 0 Å². The van der Waals surface area contributed by atoms with E-state index in [4.69, 9.17) is 0 Å². The summed E-state index contributed by atoms with van der Waals surface area (Å²) in [6.07, 6.45) is 4.18. The number of urea groups is 1. The smallest absolute Gasteiger partial charge is 0.321 e. The van der Waals surface area contributed by atoms with Gasteiger partial charge in [-0.25, -0.2) is 14.2 Å². The number of benzene rings is 1. The molecule has 0 radical (unpaired) electrons. The van der Waals surface area contributed by atoms with E-state index in [-0.39, 0.29) is 17.6 Å². The minimum atomic E-state index is -0.640. The number of aliphatic hydroxyl groups excluding tert-OH is 1. The molecule has 2 heterocycles. The molecule has 0 spiro atoms. The predicted octanol–water partition coefficient (Wildman–Crippen LogP) is 2.85. The molecular formula is C18H23FN4O2. The summed E-state index contributed by atoms with van der Waals surface area (Å²) in [5, 5.41) is 13.2. The summed E-state index contributed by atoms with van der Waals surface area (Å²) in [5.74, 6) is 0.263. The number of halogens is 1. The fourth-order valence-electron chi connectivity index (χ4n) is 3.27. The molecule has 3 rings (SSSR count). The molecule has 2 N–H and O–H groups in total. The number of amides is 2. The van der Waals surface area contributed by atoms with Crippen LogP contribution in [0.15, 0.2) is 30.6 Å². The summed E-state index contributed by atoms with van der Waals surface area (Å²) >= 11 is 0. The van der Waals surface area contributed by atoms with Crippen molar-refractivity contribution < 1.29 is 14.3 Å². The Balaban J connectivity index is 1.59. The van der Waals surface area contributed by atoms with Crippen molar-refractivity contribution in [1.29, 1.82) is 0 Å². The lowest BCUT2D eigenvalue weighted by atomic mass is 9.91. The number of carbonyl (C=O) groups excluding carboxylic acids is 1. The molecule has 1 aliphatic rings. The lowest BCUT2D eigenvalue weighted by molar-refractivity contribution is 0.0599. The minimum absolute atomic E-state index is 0.0559. The van der Waals surface area contributed by atoms with Crippen LogP contribution >= 0.6 is 0 Å². The number of aromatic nitrogens is 2. The third kappa shape index (κ3) is 3.66. The third-order valence-corrected chi connectivity index (χ3v) is 4.85. The van der Waals surface area contributed by atoms with Crippen LogP contribution in [-0.4, -0.2) is 38.7 Å². The fraction of sp³-hybridized carbons (Fsp3) is 0.444. The number of piperidine rings is 1. The van der Waals surface area contributed by atoms with Gasteiger partial charge in [-0.15, -0.1) is 0 Å². The normalized spacial score (nSPS) is 16.7. The number of anilines is 1. The van der Waals surface area contributed by atoms with Gasteiger partial charge in [-0.2, -0.15) is 0 Å². The maximum absolute atomic E-state index is 13.9. The van der Waals surface area contributed by atoms with Crippen molar-refractivity contribution in [2.24, 2.45) is 13.0 Å². The molecule has 25 heavy (non-hydrogen) atoms. The molecule has 7 heteroatoms. The van der Waals surface area contributed by atoms with E-state index in [0.29, 0.717) is 37.3 Å². The van der Waals surface area contributed by atoms with Gasteiger partial charge in [0.1, 0.15) is 17.7 Å². The highest BCUT2D eigenvalue weighted by molar-refractivity contribution is 5.90. The molecule has 2 amide bonds. The number of aryl methyl sites for hydroxylation is 2. The van der Waals surface area contributed by atoms with Crippen LogP contribution in [0.5, 0.6) is 0 Å². The molecule has 2 aromatic rings. The van der Waals surface area contributed by atoms with Gasteiger partial charge < -0.3 is 19.9 Å². The zero-order chi connectivity index (χ0) is 18.0. The standard InChI is InChI=1S/C18H23FN4O2/c1-12-4-3-5-14(19)15(12)21-18(25)23-9-6-13(7-10-23)16(24)17-20-8-11-22(17)2/h3-5,8,11,13,16,24H,6-7,9-10H2,1-2H3,(H,21,25)/t16-/m0/s1. The van der Waals surface area contributed by atoms with Crippen molar-refractivity contribution >= 4 is 11.7 Å². The fourth-order valence-corrected chi connectivity index (χ4v) is 3.27. The van der Waals surface area contributed by atoms with Gasteiger partial charge in [-0.3, -0.25) is 0 Å². The molecule has 1 aromatic carbocycles. The zero-order valence-corrected chi connectivity index (χ0v) is 14.4.